The summed E-state index contributed by atoms with van der Waals surface area (Å²) in [5.74, 6) is -0.707. The van der Waals surface area contributed by atoms with Gasteiger partial charge in [-0.3, -0.25) is 15.6 Å². The largest absolute Gasteiger partial charge is 0.507 e. The zero-order valence-electron chi connectivity index (χ0n) is 9.37. The highest BCUT2D eigenvalue weighted by Gasteiger charge is 2.11. The molecular weight excluding hydrogens is 274 g/mol. The molecule has 0 aromatic heterocycles. The third-order valence-electron chi connectivity index (χ3n) is 1.90. The van der Waals surface area contributed by atoms with Crippen LogP contribution in [0.1, 0.15) is 10.4 Å². The minimum Gasteiger partial charge on any atom is -0.507 e. The summed E-state index contributed by atoms with van der Waals surface area (Å²) >= 11 is 10.6. The molecule has 4 N–H and O–H groups in total. The number of rotatable bonds is 3. The molecule has 1 amide bonds. The normalized spacial score (nSPS) is 9.39. The summed E-state index contributed by atoms with van der Waals surface area (Å²) in [6.45, 7) is 3.99. The molecule has 18 heavy (non-hydrogen) atoms. The molecule has 7 heteroatoms. The predicted octanol–water partition coefficient (Wildman–Crippen LogP) is 1.34. The SMILES string of the molecule is C=CCNC(=S)NNC(=O)c1cc(Cl)ccc1O. The van der Waals surface area contributed by atoms with Crippen molar-refractivity contribution in [2.24, 2.45) is 0 Å². The molecule has 0 spiro atoms. The van der Waals surface area contributed by atoms with E-state index >= 15 is 0 Å². The van der Waals surface area contributed by atoms with Crippen LogP contribution in [0.15, 0.2) is 30.9 Å². The number of nitrogens with one attached hydrogen (secondary N) is 3. The minimum absolute atomic E-state index is 0.0570. The first-order valence-corrected chi connectivity index (χ1v) is 5.77. The van der Waals surface area contributed by atoms with Crippen LogP contribution in [0.2, 0.25) is 5.02 Å². The van der Waals surface area contributed by atoms with Gasteiger partial charge in [-0.2, -0.15) is 0 Å². The molecule has 0 radical (unpaired) electrons. The van der Waals surface area contributed by atoms with E-state index in [4.69, 9.17) is 23.8 Å². The summed E-state index contributed by atoms with van der Waals surface area (Å²) < 4.78 is 0. The molecule has 0 bridgehead atoms. The van der Waals surface area contributed by atoms with E-state index in [0.29, 0.717) is 11.6 Å². The van der Waals surface area contributed by atoms with E-state index in [2.05, 4.69) is 22.7 Å². The molecule has 5 nitrogen and oxygen atoms in total. The van der Waals surface area contributed by atoms with Crippen molar-refractivity contribution in [2.45, 2.75) is 0 Å². The first kappa shape index (κ1) is 14.3. The van der Waals surface area contributed by atoms with E-state index in [-0.39, 0.29) is 16.4 Å². The summed E-state index contributed by atoms with van der Waals surface area (Å²) in [5, 5.41) is 12.9. The van der Waals surface area contributed by atoms with Crippen LogP contribution in [0.4, 0.5) is 0 Å². The van der Waals surface area contributed by atoms with E-state index in [0.717, 1.165) is 0 Å². The lowest BCUT2D eigenvalue weighted by Gasteiger charge is -2.11. The molecule has 0 aliphatic carbocycles. The van der Waals surface area contributed by atoms with Crippen LogP contribution in [0.25, 0.3) is 0 Å². The lowest BCUT2D eigenvalue weighted by atomic mass is 10.2. The van der Waals surface area contributed by atoms with Gasteiger partial charge in [0.2, 0.25) is 0 Å². The molecule has 0 atom stereocenters. The summed E-state index contributed by atoms with van der Waals surface area (Å²) in [6, 6.07) is 4.18. The van der Waals surface area contributed by atoms with Crippen LogP contribution in [-0.2, 0) is 0 Å². The molecule has 96 valence electrons. The van der Waals surface area contributed by atoms with Crippen molar-refractivity contribution in [1.29, 1.82) is 0 Å². The number of halogens is 1. The number of amides is 1. The van der Waals surface area contributed by atoms with Crippen molar-refractivity contribution in [3.05, 3.63) is 41.4 Å². The molecule has 0 heterocycles. The maximum absolute atomic E-state index is 11.7. The van der Waals surface area contributed by atoms with Crippen molar-refractivity contribution in [1.82, 2.24) is 16.2 Å². The van der Waals surface area contributed by atoms with Crippen molar-refractivity contribution >= 4 is 34.8 Å². The third kappa shape index (κ3) is 4.23. The Hall–Kier alpha value is -1.79. The van der Waals surface area contributed by atoms with Gasteiger partial charge in [-0.15, -0.1) is 6.58 Å². The topological polar surface area (TPSA) is 73.4 Å². The number of carbonyl (C=O) groups is 1. The number of carbonyl (C=O) groups excluding carboxylic acids is 1. The van der Waals surface area contributed by atoms with Gasteiger partial charge in [-0.05, 0) is 30.4 Å². The fourth-order valence-corrected chi connectivity index (χ4v) is 1.39. The van der Waals surface area contributed by atoms with Crippen LogP contribution in [0.3, 0.4) is 0 Å². The Kier molecular flexibility index (Phi) is 5.41. The number of hydrazine groups is 1. The Morgan fingerprint density at radius 1 is 1.50 bits per heavy atom. The molecule has 0 saturated heterocycles. The highest BCUT2D eigenvalue weighted by Crippen LogP contribution is 2.20. The van der Waals surface area contributed by atoms with Gasteiger partial charge < -0.3 is 10.4 Å². The second-order valence-corrected chi connectivity index (χ2v) is 4.08. The van der Waals surface area contributed by atoms with Gasteiger partial charge in [0.15, 0.2) is 5.11 Å². The molecule has 0 fully saturated rings. The maximum atomic E-state index is 11.7. The first-order chi connectivity index (χ1) is 8.54. The number of benzene rings is 1. The number of aromatic hydroxyl groups is 1. The Morgan fingerprint density at radius 3 is 2.89 bits per heavy atom. The Bertz CT molecular complexity index is 479. The zero-order chi connectivity index (χ0) is 13.5. The number of hydrogen-bond donors (Lipinski definition) is 4. The second-order valence-electron chi connectivity index (χ2n) is 3.24. The van der Waals surface area contributed by atoms with Crippen LogP contribution in [-0.4, -0.2) is 22.7 Å². The maximum Gasteiger partial charge on any atom is 0.273 e. The summed E-state index contributed by atoms with van der Waals surface area (Å²) in [6.07, 6.45) is 1.62. The number of thiocarbonyl (C=S) groups is 1. The summed E-state index contributed by atoms with van der Waals surface area (Å²) in [4.78, 5) is 11.7. The number of hydrogen-bond acceptors (Lipinski definition) is 3. The van der Waals surface area contributed by atoms with Crippen molar-refractivity contribution in [3.63, 3.8) is 0 Å². The average molecular weight is 286 g/mol. The first-order valence-electron chi connectivity index (χ1n) is 4.98. The van der Waals surface area contributed by atoms with E-state index in [9.17, 15) is 9.90 Å². The van der Waals surface area contributed by atoms with Crippen LogP contribution < -0.4 is 16.2 Å². The molecule has 1 aromatic carbocycles. The highest BCUT2D eigenvalue weighted by atomic mass is 35.5. The second kappa shape index (κ2) is 6.83. The molecular formula is C11H12ClN3O2S. The molecule has 0 aliphatic heterocycles. The Balaban J connectivity index is 2.57. The van der Waals surface area contributed by atoms with Gasteiger partial charge in [0.1, 0.15) is 5.75 Å². The fourth-order valence-electron chi connectivity index (χ4n) is 1.08. The van der Waals surface area contributed by atoms with E-state index in [1.165, 1.54) is 18.2 Å². The van der Waals surface area contributed by atoms with Crippen molar-refractivity contribution in [2.75, 3.05) is 6.54 Å². The van der Waals surface area contributed by atoms with Gasteiger partial charge in [0.25, 0.3) is 5.91 Å². The molecule has 1 rings (SSSR count). The lowest BCUT2D eigenvalue weighted by molar-refractivity contribution is 0.0941. The van der Waals surface area contributed by atoms with Gasteiger partial charge in [0.05, 0.1) is 5.56 Å². The smallest absolute Gasteiger partial charge is 0.273 e. The van der Waals surface area contributed by atoms with Crippen LogP contribution in [0.5, 0.6) is 5.75 Å². The summed E-state index contributed by atoms with van der Waals surface area (Å²) in [7, 11) is 0. The van der Waals surface area contributed by atoms with Crippen LogP contribution >= 0.6 is 23.8 Å². The van der Waals surface area contributed by atoms with Crippen LogP contribution in [0, 0.1) is 0 Å². The molecule has 1 aromatic rings. The average Bonchev–Trinajstić information content (AvgIpc) is 2.36. The predicted molar refractivity (Wildman–Crippen MR) is 74.5 cm³/mol. The van der Waals surface area contributed by atoms with Crippen molar-refractivity contribution < 1.29 is 9.90 Å². The summed E-state index contributed by atoms with van der Waals surface area (Å²) in [5.41, 5.74) is 4.87. The monoisotopic (exact) mass is 285 g/mol. The minimum atomic E-state index is -0.544. The molecule has 0 aliphatic rings. The fraction of sp³-hybridized carbons (Fsp3) is 0.0909. The number of phenols is 1. The van der Waals surface area contributed by atoms with Crippen molar-refractivity contribution in [3.8, 4) is 5.75 Å². The van der Waals surface area contributed by atoms with E-state index < -0.39 is 5.91 Å². The Morgan fingerprint density at radius 2 is 2.22 bits per heavy atom. The molecule has 0 saturated carbocycles. The quantitative estimate of drug-likeness (QED) is 0.383. The van der Waals surface area contributed by atoms with E-state index in [1.54, 1.807) is 6.08 Å². The zero-order valence-corrected chi connectivity index (χ0v) is 10.9. The van der Waals surface area contributed by atoms with Gasteiger partial charge in [-0.1, -0.05) is 17.7 Å². The highest BCUT2D eigenvalue weighted by molar-refractivity contribution is 7.80. The van der Waals surface area contributed by atoms with Gasteiger partial charge in [-0.25, -0.2) is 0 Å². The Labute approximate surface area is 115 Å². The lowest BCUT2D eigenvalue weighted by Crippen LogP contribution is -2.46. The van der Waals surface area contributed by atoms with Gasteiger partial charge in [0, 0.05) is 11.6 Å². The molecule has 0 unspecified atom stereocenters. The standard InChI is InChI=1S/C11H12ClN3O2S/c1-2-5-13-11(18)15-14-10(17)8-6-7(12)3-4-9(8)16/h2-4,6,16H,1,5H2,(H,14,17)(H2,13,15,18). The third-order valence-corrected chi connectivity index (χ3v) is 2.38. The van der Waals surface area contributed by atoms with Gasteiger partial charge >= 0.3 is 0 Å². The number of phenolic OH excluding ortho intramolecular Hbond substituents is 1. The van der Waals surface area contributed by atoms with E-state index in [1.807, 2.05) is 0 Å².